The Kier molecular flexibility index (Phi) is 5.99. The zero-order valence-electron chi connectivity index (χ0n) is 13.5. The Morgan fingerprint density at radius 1 is 1.05 bits per heavy atom. The Hall–Kier alpha value is -1.84. The molecule has 118 valence electrons. The van der Waals surface area contributed by atoms with Gasteiger partial charge in [-0.15, -0.1) is 0 Å². The molecule has 0 heterocycles. The van der Waals surface area contributed by atoms with Crippen LogP contribution < -0.4 is 10.1 Å². The molecule has 0 saturated heterocycles. The molecule has 0 spiro atoms. The zero-order valence-corrected chi connectivity index (χ0v) is 13.5. The minimum absolute atomic E-state index is 0.257. The molecule has 0 aromatic heterocycles. The SMILES string of the molecule is COc1ccccc1-c1ccc(C(C)NCC[C@@H](C)O)cc1. The lowest BCUT2D eigenvalue weighted by Gasteiger charge is -2.16. The van der Waals surface area contributed by atoms with E-state index in [2.05, 4.69) is 42.6 Å². The molecule has 2 aromatic rings. The van der Waals surface area contributed by atoms with Crippen LogP contribution in [-0.2, 0) is 0 Å². The molecule has 0 radical (unpaired) electrons. The fourth-order valence-corrected chi connectivity index (χ4v) is 2.46. The third kappa shape index (κ3) is 4.33. The fraction of sp³-hybridized carbons (Fsp3) is 0.368. The molecular formula is C19H25NO2. The number of hydrogen-bond donors (Lipinski definition) is 2. The molecule has 3 nitrogen and oxygen atoms in total. The van der Waals surface area contributed by atoms with E-state index in [4.69, 9.17) is 4.74 Å². The quantitative estimate of drug-likeness (QED) is 0.817. The second-order valence-corrected chi connectivity index (χ2v) is 5.64. The summed E-state index contributed by atoms with van der Waals surface area (Å²) in [5.41, 5.74) is 3.49. The molecule has 0 fully saturated rings. The standard InChI is InChI=1S/C19H25NO2/c1-14(21)12-13-20-15(2)16-8-10-17(11-9-16)18-6-4-5-7-19(18)22-3/h4-11,14-15,20-21H,12-13H2,1-3H3/t14-,15?/m1/s1. The van der Waals surface area contributed by atoms with Gasteiger partial charge in [0.15, 0.2) is 0 Å². The molecule has 22 heavy (non-hydrogen) atoms. The van der Waals surface area contributed by atoms with E-state index in [1.165, 1.54) is 5.56 Å². The van der Waals surface area contributed by atoms with Crippen molar-refractivity contribution >= 4 is 0 Å². The average Bonchev–Trinajstić information content (AvgIpc) is 2.54. The van der Waals surface area contributed by atoms with Gasteiger partial charge >= 0.3 is 0 Å². The van der Waals surface area contributed by atoms with Crippen molar-refractivity contribution in [3.05, 3.63) is 54.1 Å². The second-order valence-electron chi connectivity index (χ2n) is 5.64. The summed E-state index contributed by atoms with van der Waals surface area (Å²) in [4.78, 5) is 0. The van der Waals surface area contributed by atoms with Gasteiger partial charge in [0.25, 0.3) is 0 Å². The molecule has 1 unspecified atom stereocenters. The van der Waals surface area contributed by atoms with E-state index in [0.29, 0.717) is 0 Å². The third-order valence-corrected chi connectivity index (χ3v) is 3.84. The van der Waals surface area contributed by atoms with E-state index in [-0.39, 0.29) is 12.1 Å². The van der Waals surface area contributed by atoms with Gasteiger partial charge in [0.1, 0.15) is 5.75 Å². The summed E-state index contributed by atoms with van der Waals surface area (Å²) in [6.45, 7) is 4.77. The minimum Gasteiger partial charge on any atom is -0.496 e. The summed E-state index contributed by atoms with van der Waals surface area (Å²) >= 11 is 0. The molecule has 2 rings (SSSR count). The molecule has 0 aliphatic carbocycles. The maximum Gasteiger partial charge on any atom is 0.126 e. The second kappa shape index (κ2) is 7.97. The van der Waals surface area contributed by atoms with E-state index in [0.717, 1.165) is 29.8 Å². The number of rotatable bonds is 7. The van der Waals surface area contributed by atoms with Crippen molar-refractivity contribution in [2.75, 3.05) is 13.7 Å². The van der Waals surface area contributed by atoms with E-state index >= 15 is 0 Å². The van der Waals surface area contributed by atoms with Gasteiger partial charge in [-0.2, -0.15) is 0 Å². The molecule has 2 aromatic carbocycles. The van der Waals surface area contributed by atoms with Crippen LogP contribution in [0.4, 0.5) is 0 Å². The summed E-state index contributed by atoms with van der Waals surface area (Å²) in [6, 6.07) is 16.8. The monoisotopic (exact) mass is 299 g/mol. The van der Waals surface area contributed by atoms with Crippen molar-refractivity contribution in [1.29, 1.82) is 0 Å². The molecule has 0 aliphatic rings. The van der Waals surface area contributed by atoms with Gasteiger partial charge < -0.3 is 15.2 Å². The van der Waals surface area contributed by atoms with Crippen LogP contribution in [0.15, 0.2) is 48.5 Å². The number of para-hydroxylation sites is 1. The molecule has 0 aliphatic heterocycles. The number of nitrogens with one attached hydrogen (secondary N) is 1. The number of hydrogen-bond acceptors (Lipinski definition) is 3. The van der Waals surface area contributed by atoms with E-state index in [1.807, 2.05) is 25.1 Å². The topological polar surface area (TPSA) is 41.5 Å². The zero-order chi connectivity index (χ0) is 15.9. The van der Waals surface area contributed by atoms with Crippen LogP contribution in [0.1, 0.15) is 31.9 Å². The molecule has 0 saturated carbocycles. The van der Waals surface area contributed by atoms with Gasteiger partial charge in [-0.1, -0.05) is 42.5 Å². The largest absolute Gasteiger partial charge is 0.496 e. The smallest absolute Gasteiger partial charge is 0.126 e. The van der Waals surface area contributed by atoms with Crippen LogP contribution in [0.3, 0.4) is 0 Å². The summed E-state index contributed by atoms with van der Waals surface area (Å²) < 4.78 is 5.42. The first-order chi connectivity index (χ1) is 10.6. The molecule has 2 atom stereocenters. The number of ether oxygens (including phenoxy) is 1. The predicted molar refractivity (Wildman–Crippen MR) is 91.1 cm³/mol. The van der Waals surface area contributed by atoms with E-state index in [1.54, 1.807) is 7.11 Å². The first-order valence-corrected chi connectivity index (χ1v) is 7.76. The normalized spacial score (nSPS) is 13.6. The highest BCUT2D eigenvalue weighted by atomic mass is 16.5. The lowest BCUT2D eigenvalue weighted by atomic mass is 10.0. The molecule has 3 heteroatoms. The van der Waals surface area contributed by atoms with Crippen LogP contribution in [0.2, 0.25) is 0 Å². The van der Waals surface area contributed by atoms with E-state index < -0.39 is 0 Å². The number of benzene rings is 2. The Balaban J connectivity index is 2.06. The number of methoxy groups -OCH3 is 1. The van der Waals surface area contributed by atoms with Crippen molar-refractivity contribution in [3.63, 3.8) is 0 Å². The lowest BCUT2D eigenvalue weighted by Crippen LogP contribution is -2.22. The highest BCUT2D eigenvalue weighted by Crippen LogP contribution is 2.30. The van der Waals surface area contributed by atoms with Gasteiger partial charge in [0.05, 0.1) is 13.2 Å². The maximum atomic E-state index is 9.30. The van der Waals surface area contributed by atoms with Crippen molar-refractivity contribution < 1.29 is 9.84 Å². The molecule has 0 amide bonds. The van der Waals surface area contributed by atoms with E-state index in [9.17, 15) is 5.11 Å². The summed E-state index contributed by atoms with van der Waals surface area (Å²) in [6.07, 6.45) is 0.511. The van der Waals surface area contributed by atoms with Crippen LogP contribution in [-0.4, -0.2) is 24.9 Å². The Morgan fingerprint density at radius 3 is 2.36 bits per heavy atom. The first kappa shape index (κ1) is 16.5. The van der Waals surface area contributed by atoms with Gasteiger partial charge in [-0.05, 0) is 44.0 Å². The maximum absolute atomic E-state index is 9.30. The van der Waals surface area contributed by atoms with Gasteiger partial charge in [-0.25, -0.2) is 0 Å². The van der Waals surface area contributed by atoms with Crippen molar-refractivity contribution in [2.24, 2.45) is 0 Å². The van der Waals surface area contributed by atoms with Gasteiger partial charge in [0, 0.05) is 11.6 Å². The van der Waals surface area contributed by atoms with Gasteiger partial charge in [-0.3, -0.25) is 0 Å². The summed E-state index contributed by atoms with van der Waals surface area (Å²) in [7, 11) is 1.70. The Bertz CT molecular complexity index is 578. The first-order valence-electron chi connectivity index (χ1n) is 7.76. The fourth-order valence-electron chi connectivity index (χ4n) is 2.46. The van der Waals surface area contributed by atoms with Crippen LogP contribution in [0, 0.1) is 0 Å². The van der Waals surface area contributed by atoms with Gasteiger partial charge in [0.2, 0.25) is 0 Å². The van der Waals surface area contributed by atoms with Crippen molar-refractivity contribution in [2.45, 2.75) is 32.4 Å². The summed E-state index contributed by atoms with van der Waals surface area (Å²) in [5, 5.41) is 12.7. The van der Waals surface area contributed by atoms with Crippen LogP contribution >= 0.6 is 0 Å². The van der Waals surface area contributed by atoms with Crippen molar-refractivity contribution in [1.82, 2.24) is 5.32 Å². The van der Waals surface area contributed by atoms with Crippen LogP contribution in [0.5, 0.6) is 5.75 Å². The van der Waals surface area contributed by atoms with Crippen molar-refractivity contribution in [3.8, 4) is 16.9 Å². The number of aliphatic hydroxyl groups excluding tert-OH is 1. The third-order valence-electron chi connectivity index (χ3n) is 3.84. The summed E-state index contributed by atoms with van der Waals surface area (Å²) in [5.74, 6) is 0.887. The molecule has 0 bridgehead atoms. The lowest BCUT2D eigenvalue weighted by molar-refractivity contribution is 0.182. The highest BCUT2D eigenvalue weighted by Gasteiger charge is 2.08. The highest BCUT2D eigenvalue weighted by molar-refractivity contribution is 5.70. The average molecular weight is 299 g/mol. The Morgan fingerprint density at radius 2 is 1.73 bits per heavy atom. The number of aliphatic hydroxyl groups is 1. The molecule has 2 N–H and O–H groups in total. The Labute approximate surface area is 133 Å². The molecular weight excluding hydrogens is 274 g/mol. The minimum atomic E-state index is -0.257. The van der Waals surface area contributed by atoms with Crippen LogP contribution in [0.25, 0.3) is 11.1 Å². The predicted octanol–water partition coefficient (Wildman–Crippen LogP) is 3.78.